The predicted octanol–water partition coefficient (Wildman–Crippen LogP) is 2.88. The molecule has 1 aromatic heterocycles. The number of rotatable bonds is 6. The first-order valence-corrected chi connectivity index (χ1v) is 7.12. The van der Waals surface area contributed by atoms with Gasteiger partial charge < -0.3 is 10.6 Å². The zero-order valence-corrected chi connectivity index (χ0v) is 11.7. The lowest BCUT2D eigenvalue weighted by atomic mass is 10.0. The fourth-order valence-electron chi connectivity index (χ4n) is 2.13. The molecule has 1 fully saturated rings. The molecule has 0 radical (unpaired) electrons. The molecule has 0 saturated heterocycles. The Morgan fingerprint density at radius 2 is 2.21 bits per heavy atom. The lowest BCUT2D eigenvalue weighted by Gasteiger charge is -2.22. The lowest BCUT2D eigenvalue weighted by molar-refractivity contribution is 0.232. The van der Waals surface area contributed by atoms with Gasteiger partial charge in [-0.05, 0) is 30.4 Å². The summed E-state index contributed by atoms with van der Waals surface area (Å²) in [6.45, 7) is 4.94. The normalized spacial score (nSPS) is 16.2. The molecule has 1 saturated carbocycles. The topological polar surface area (TPSA) is 54.0 Å². The van der Waals surface area contributed by atoms with Gasteiger partial charge in [0.1, 0.15) is 0 Å². The smallest absolute Gasteiger partial charge is 0.315 e. The fraction of sp³-hybridized carbons (Fsp3) is 0.600. The number of carbonyl (C=O) groups is 1. The Balaban J connectivity index is 1.83. The molecule has 0 aromatic carbocycles. The van der Waals surface area contributed by atoms with Crippen molar-refractivity contribution in [3.63, 3.8) is 0 Å². The molecule has 0 aliphatic heterocycles. The Hall–Kier alpha value is -1.58. The molecule has 1 aliphatic rings. The SMILES string of the molecule is CC(C)[C@H](NC(=O)NCCC1CC1)c1ccccn1. The molecule has 1 atom stereocenters. The van der Waals surface area contributed by atoms with E-state index in [-0.39, 0.29) is 12.1 Å². The van der Waals surface area contributed by atoms with Gasteiger partial charge in [-0.1, -0.05) is 32.8 Å². The Kier molecular flexibility index (Phi) is 4.77. The van der Waals surface area contributed by atoms with Crippen LogP contribution in [0.2, 0.25) is 0 Å². The van der Waals surface area contributed by atoms with E-state index in [0.717, 1.165) is 24.6 Å². The first-order valence-electron chi connectivity index (χ1n) is 7.12. The minimum Gasteiger partial charge on any atom is -0.338 e. The second-order valence-corrected chi connectivity index (χ2v) is 5.61. The van der Waals surface area contributed by atoms with Gasteiger partial charge in [0.15, 0.2) is 0 Å². The van der Waals surface area contributed by atoms with Crippen molar-refractivity contribution in [1.29, 1.82) is 0 Å². The zero-order chi connectivity index (χ0) is 13.7. The van der Waals surface area contributed by atoms with Crippen LogP contribution in [-0.4, -0.2) is 17.6 Å². The molecule has 4 heteroatoms. The van der Waals surface area contributed by atoms with E-state index >= 15 is 0 Å². The molecule has 104 valence electrons. The quantitative estimate of drug-likeness (QED) is 0.827. The maximum atomic E-state index is 11.9. The summed E-state index contributed by atoms with van der Waals surface area (Å²) in [6.07, 6.45) is 5.51. The number of aromatic nitrogens is 1. The highest BCUT2D eigenvalue weighted by atomic mass is 16.2. The Labute approximate surface area is 115 Å². The molecule has 0 bridgehead atoms. The molecule has 4 nitrogen and oxygen atoms in total. The summed E-state index contributed by atoms with van der Waals surface area (Å²) >= 11 is 0. The monoisotopic (exact) mass is 261 g/mol. The molecule has 0 unspecified atom stereocenters. The number of hydrogen-bond donors (Lipinski definition) is 2. The minimum absolute atomic E-state index is 0.0397. The van der Waals surface area contributed by atoms with Crippen LogP contribution >= 0.6 is 0 Å². The van der Waals surface area contributed by atoms with Gasteiger partial charge in [-0.2, -0.15) is 0 Å². The predicted molar refractivity (Wildman–Crippen MR) is 75.7 cm³/mol. The van der Waals surface area contributed by atoms with Gasteiger partial charge >= 0.3 is 6.03 Å². The van der Waals surface area contributed by atoms with Crippen LogP contribution < -0.4 is 10.6 Å². The van der Waals surface area contributed by atoms with Gasteiger partial charge in [-0.25, -0.2) is 4.79 Å². The fourth-order valence-corrected chi connectivity index (χ4v) is 2.13. The minimum atomic E-state index is -0.0926. The maximum absolute atomic E-state index is 11.9. The zero-order valence-electron chi connectivity index (χ0n) is 11.7. The van der Waals surface area contributed by atoms with E-state index in [1.807, 2.05) is 18.2 Å². The van der Waals surface area contributed by atoms with E-state index in [1.54, 1.807) is 6.20 Å². The summed E-state index contributed by atoms with van der Waals surface area (Å²) in [6, 6.07) is 5.66. The van der Waals surface area contributed by atoms with Gasteiger partial charge in [0.25, 0.3) is 0 Å². The second kappa shape index (κ2) is 6.55. The number of carbonyl (C=O) groups excluding carboxylic acids is 1. The third-order valence-electron chi connectivity index (χ3n) is 3.49. The highest BCUT2D eigenvalue weighted by molar-refractivity contribution is 5.74. The summed E-state index contributed by atoms with van der Waals surface area (Å²) in [5.41, 5.74) is 0.912. The van der Waals surface area contributed by atoms with E-state index in [2.05, 4.69) is 29.5 Å². The first-order chi connectivity index (χ1) is 9.16. The molecular weight excluding hydrogens is 238 g/mol. The van der Waals surface area contributed by atoms with Crippen molar-refractivity contribution < 1.29 is 4.79 Å². The number of pyridine rings is 1. The summed E-state index contributed by atoms with van der Waals surface area (Å²) in [5.74, 6) is 1.15. The highest BCUT2D eigenvalue weighted by Gasteiger charge is 2.22. The number of urea groups is 1. The average Bonchev–Trinajstić information content (AvgIpc) is 3.21. The van der Waals surface area contributed by atoms with Crippen molar-refractivity contribution in [3.8, 4) is 0 Å². The van der Waals surface area contributed by atoms with Crippen LogP contribution in [0.5, 0.6) is 0 Å². The Morgan fingerprint density at radius 1 is 1.42 bits per heavy atom. The molecule has 1 aliphatic carbocycles. The van der Waals surface area contributed by atoms with Crippen molar-refractivity contribution >= 4 is 6.03 Å². The third-order valence-corrected chi connectivity index (χ3v) is 3.49. The largest absolute Gasteiger partial charge is 0.338 e. The highest BCUT2D eigenvalue weighted by Crippen LogP contribution is 2.31. The van der Waals surface area contributed by atoms with E-state index in [0.29, 0.717) is 5.92 Å². The summed E-state index contributed by atoms with van der Waals surface area (Å²) in [5, 5.41) is 5.95. The van der Waals surface area contributed by atoms with Crippen LogP contribution in [0, 0.1) is 11.8 Å². The van der Waals surface area contributed by atoms with Crippen LogP contribution in [0.1, 0.15) is 44.8 Å². The summed E-state index contributed by atoms with van der Waals surface area (Å²) in [4.78, 5) is 16.2. The Morgan fingerprint density at radius 3 is 2.79 bits per heavy atom. The van der Waals surface area contributed by atoms with Gasteiger partial charge in [0, 0.05) is 12.7 Å². The molecule has 19 heavy (non-hydrogen) atoms. The van der Waals surface area contributed by atoms with Gasteiger partial charge in [-0.15, -0.1) is 0 Å². The van der Waals surface area contributed by atoms with Crippen molar-refractivity contribution in [2.24, 2.45) is 11.8 Å². The number of nitrogens with one attached hydrogen (secondary N) is 2. The number of hydrogen-bond acceptors (Lipinski definition) is 2. The molecule has 1 heterocycles. The summed E-state index contributed by atoms with van der Waals surface area (Å²) < 4.78 is 0. The molecule has 2 rings (SSSR count). The molecule has 1 aromatic rings. The van der Waals surface area contributed by atoms with Crippen LogP contribution in [-0.2, 0) is 0 Å². The van der Waals surface area contributed by atoms with Gasteiger partial charge in [0.05, 0.1) is 11.7 Å². The molecule has 0 spiro atoms. The second-order valence-electron chi connectivity index (χ2n) is 5.61. The average molecular weight is 261 g/mol. The molecule has 2 N–H and O–H groups in total. The van der Waals surface area contributed by atoms with E-state index in [4.69, 9.17) is 0 Å². The van der Waals surface area contributed by atoms with Crippen molar-refractivity contribution in [1.82, 2.24) is 15.6 Å². The van der Waals surface area contributed by atoms with Crippen LogP contribution in [0.3, 0.4) is 0 Å². The van der Waals surface area contributed by atoms with E-state index in [9.17, 15) is 4.79 Å². The van der Waals surface area contributed by atoms with Crippen molar-refractivity contribution in [3.05, 3.63) is 30.1 Å². The van der Waals surface area contributed by atoms with Crippen LogP contribution in [0.25, 0.3) is 0 Å². The summed E-state index contributed by atoms with van der Waals surface area (Å²) in [7, 11) is 0. The van der Waals surface area contributed by atoms with E-state index < -0.39 is 0 Å². The maximum Gasteiger partial charge on any atom is 0.315 e. The van der Waals surface area contributed by atoms with E-state index in [1.165, 1.54) is 12.8 Å². The first kappa shape index (κ1) is 13.8. The van der Waals surface area contributed by atoms with Crippen LogP contribution in [0.15, 0.2) is 24.4 Å². The van der Waals surface area contributed by atoms with Crippen LogP contribution in [0.4, 0.5) is 4.79 Å². The number of amides is 2. The van der Waals surface area contributed by atoms with Crippen molar-refractivity contribution in [2.45, 2.75) is 39.2 Å². The standard InChI is InChI=1S/C15H23N3O/c1-11(2)14(13-5-3-4-9-16-13)18-15(19)17-10-8-12-6-7-12/h3-5,9,11-12,14H,6-8,10H2,1-2H3,(H2,17,18,19)/t14-/m0/s1. The van der Waals surface area contributed by atoms with Gasteiger partial charge in [0.2, 0.25) is 0 Å². The third kappa shape index (κ3) is 4.54. The molecular formula is C15H23N3O. The Bertz CT molecular complexity index is 401. The van der Waals surface area contributed by atoms with Gasteiger partial charge in [-0.3, -0.25) is 4.98 Å². The number of nitrogens with zero attached hydrogens (tertiary/aromatic N) is 1. The lowest BCUT2D eigenvalue weighted by Crippen LogP contribution is -2.40. The molecule has 2 amide bonds. The van der Waals surface area contributed by atoms with Crippen molar-refractivity contribution in [2.75, 3.05) is 6.54 Å².